The van der Waals surface area contributed by atoms with Gasteiger partial charge in [-0.3, -0.25) is 4.79 Å². The van der Waals surface area contributed by atoms with Crippen molar-refractivity contribution in [2.75, 3.05) is 12.8 Å². The fraction of sp³-hybridized carbons (Fsp3) is 0.417. The van der Waals surface area contributed by atoms with Crippen molar-refractivity contribution in [1.29, 1.82) is 0 Å². The third-order valence-corrected chi connectivity index (χ3v) is 3.18. The zero-order valence-electron chi connectivity index (χ0n) is 9.85. The SMILES string of the molecule is CSc1ccc(CNCCC(N)C(=O)O)cc1. The third kappa shape index (κ3) is 5.21. The van der Waals surface area contributed by atoms with Gasteiger partial charge in [-0.1, -0.05) is 12.1 Å². The quantitative estimate of drug-likeness (QED) is 0.505. The van der Waals surface area contributed by atoms with E-state index in [-0.39, 0.29) is 0 Å². The van der Waals surface area contributed by atoms with Crippen LogP contribution in [-0.2, 0) is 11.3 Å². The van der Waals surface area contributed by atoms with Crippen LogP contribution in [0.15, 0.2) is 29.2 Å². The molecule has 0 aromatic heterocycles. The molecule has 1 rings (SSSR count). The molecule has 0 aliphatic heterocycles. The largest absolute Gasteiger partial charge is 0.480 e. The van der Waals surface area contributed by atoms with Gasteiger partial charge in [0.05, 0.1) is 0 Å². The van der Waals surface area contributed by atoms with Crippen molar-refractivity contribution in [2.24, 2.45) is 5.73 Å². The summed E-state index contributed by atoms with van der Waals surface area (Å²) in [6.45, 7) is 1.35. The first-order chi connectivity index (χ1) is 8.13. The molecule has 0 aliphatic rings. The molecule has 1 aromatic rings. The summed E-state index contributed by atoms with van der Waals surface area (Å²) in [6, 6.07) is 7.50. The van der Waals surface area contributed by atoms with Gasteiger partial charge in [0.2, 0.25) is 0 Å². The van der Waals surface area contributed by atoms with E-state index >= 15 is 0 Å². The van der Waals surface area contributed by atoms with Crippen molar-refractivity contribution in [1.82, 2.24) is 5.32 Å². The number of aliphatic carboxylic acids is 1. The summed E-state index contributed by atoms with van der Waals surface area (Å²) < 4.78 is 0. The lowest BCUT2D eigenvalue weighted by Gasteiger charge is -2.08. The Kier molecular flexibility index (Phi) is 6.04. The Hall–Kier alpha value is -1.04. The molecular weight excluding hydrogens is 236 g/mol. The topological polar surface area (TPSA) is 75.3 Å². The molecule has 0 saturated carbocycles. The predicted molar refractivity (Wildman–Crippen MR) is 70.2 cm³/mol. The molecule has 17 heavy (non-hydrogen) atoms. The summed E-state index contributed by atoms with van der Waals surface area (Å²) in [5.74, 6) is -0.948. The van der Waals surface area contributed by atoms with Crippen LogP contribution in [0.25, 0.3) is 0 Å². The van der Waals surface area contributed by atoms with Gasteiger partial charge in [-0.25, -0.2) is 0 Å². The molecule has 0 fully saturated rings. The standard InChI is InChI=1S/C12H18N2O2S/c1-17-10-4-2-9(3-5-10)8-14-7-6-11(13)12(15)16/h2-5,11,14H,6-8,13H2,1H3,(H,15,16). The summed E-state index contributed by atoms with van der Waals surface area (Å²) in [6.07, 6.45) is 2.48. The van der Waals surface area contributed by atoms with E-state index in [2.05, 4.69) is 29.6 Å². The Morgan fingerprint density at radius 3 is 2.65 bits per heavy atom. The van der Waals surface area contributed by atoms with Crippen LogP contribution < -0.4 is 11.1 Å². The van der Waals surface area contributed by atoms with Crippen LogP contribution in [0.2, 0.25) is 0 Å². The van der Waals surface area contributed by atoms with Crippen LogP contribution in [0, 0.1) is 0 Å². The minimum Gasteiger partial charge on any atom is -0.480 e. The summed E-state index contributed by atoms with van der Waals surface area (Å²) in [5, 5.41) is 11.8. The molecule has 0 amide bonds. The summed E-state index contributed by atoms with van der Waals surface area (Å²) >= 11 is 1.71. The highest BCUT2D eigenvalue weighted by atomic mass is 32.2. The van der Waals surface area contributed by atoms with Gasteiger partial charge in [-0.2, -0.15) is 0 Å². The molecule has 4 nitrogen and oxygen atoms in total. The van der Waals surface area contributed by atoms with Crippen LogP contribution in [0.3, 0.4) is 0 Å². The lowest BCUT2D eigenvalue weighted by molar-refractivity contribution is -0.138. The Morgan fingerprint density at radius 2 is 2.12 bits per heavy atom. The lowest BCUT2D eigenvalue weighted by Crippen LogP contribution is -2.33. The van der Waals surface area contributed by atoms with E-state index in [1.807, 2.05) is 6.26 Å². The van der Waals surface area contributed by atoms with Crippen LogP contribution in [0.1, 0.15) is 12.0 Å². The van der Waals surface area contributed by atoms with Gasteiger partial charge in [0, 0.05) is 11.4 Å². The Labute approximate surface area is 106 Å². The van der Waals surface area contributed by atoms with E-state index in [4.69, 9.17) is 10.8 Å². The van der Waals surface area contributed by atoms with E-state index in [1.165, 1.54) is 10.5 Å². The number of carboxylic acid groups (broad SMARTS) is 1. The van der Waals surface area contributed by atoms with Gasteiger partial charge >= 0.3 is 5.97 Å². The van der Waals surface area contributed by atoms with Crippen LogP contribution in [-0.4, -0.2) is 29.9 Å². The number of benzene rings is 1. The summed E-state index contributed by atoms with van der Waals surface area (Å²) in [4.78, 5) is 11.7. The van der Waals surface area contributed by atoms with E-state index in [0.717, 1.165) is 6.54 Å². The van der Waals surface area contributed by atoms with Gasteiger partial charge < -0.3 is 16.2 Å². The third-order valence-electron chi connectivity index (χ3n) is 2.44. The molecular formula is C12H18N2O2S. The molecule has 0 radical (unpaired) electrons. The Morgan fingerprint density at radius 1 is 1.47 bits per heavy atom. The second kappa shape index (κ2) is 7.32. The number of carbonyl (C=O) groups is 1. The molecule has 94 valence electrons. The van der Waals surface area contributed by atoms with Crippen molar-refractivity contribution < 1.29 is 9.90 Å². The fourth-order valence-electron chi connectivity index (χ4n) is 1.36. The predicted octanol–water partition coefficient (Wildman–Crippen LogP) is 1.30. The molecule has 0 aliphatic carbocycles. The number of hydrogen-bond donors (Lipinski definition) is 3. The maximum Gasteiger partial charge on any atom is 0.320 e. The Balaban J connectivity index is 2.24. The first-order valence-corrected chi connectivity index (χ1v) is 6.68. The fourth-order valence-corrected chi connectivity index (χ4v) is 1.77. The van der Waals surface area contributed by atoms with Gasteiger partial charge in [0.25, 0.3) is 0 Å². The normalized spacial score (nSPS) is 12.4. The monoisotopic (exact) mass is 254 g/mol. The minimum absolute atomic E-state index is 0.443. The smallest absolute Gasteiger partial charge is 0.320 e. The number of thioether (sulfide) groups is 1. The van der Waals surface area contributed by atoms with Gasteiger partial charge in [-0.05, 0) is 36.9 Å². The molecule has 1 atom stereocenters. The van der Waals surface area contributed by atoms with Gasteiger partial charge in [0.1, 0.15) is 6.04 Å². The lowest BCUT2D eigenvalue weighted by atomic mass is 10.2. The van der Waals surface area contributed by atoms with Gasteiger partial charge in [0.15, 0.2) is 0 Å². The van der Waals surface area contributed by atoms with E-state index in [1.54, 1.807) is 11.8 Å². The minimum atomic E-state index is -0.948. The highest BCUT2D eigenvalue weighted by Crippen LogP contribution is 2.14. The average molecular weight is 254 g/mol. The van der Waals surface area contributed by atoms with Crippen molar-refractivity contribution in [3.63, 3.8) is 0 Å². The van der Waals surface area contributed by atoms with E-state index < -0.39 is 12.0 Å². The number of hydrogen-bond acceptors (Lipinski definition) is 4. The molecule has 1 aromatic carbocycles. The van der Waals surface area contributed by atoms with Crippen molar-refractivity contribution in [3.05, 3.63) is 29.8 Å². The van der Waals surface area contributed by atoms with Crippen molar-refractivity contribution in [2.45, 2.75) is 23.9 Å². The highest BCUT2D eigenvalue weighted by Gasteiger charge is 2.09. The number of nitrogens with two attached hydrogens (primary N) is 1. The second-order valence-electron chi connectivity index (χ2n) is 3.76. The number of nitrogens with one attached hydrogen (secondary N) is 1. The first-order valence-electron chi connectivity index (χ1n) is 5.45. The second-order valence-corrected chi connectivity index (χ2v) is 4.64. The van der Waals surface area contributed by atoms with E-state index in [0.29, 0.717) is 13.0 Å². The first kappa shape index (κ1) is 14.0. The van der Waals surface area contributed by atoms with E-state index in [9.17, 15) is 4.79 Å². The van der Waals surface area contributed by atoms with Crippen LogP contribution in [0.5, 0.6) is 0 Å². The molecule has 0 bridgehead atoms. The number of rotatable bonds is 7. The molecule has 0 saturated heterocycles. The summed E-state index contributed by atoms with van der Waals surface area (Å²) in [5.41, 5.74) is 6.58. The van der Waals surface area contributed by atoms with Crippen molar-refractivity contribution in [3.8, 4) is 0 Å². The maximum atomic E-state index is 10.5. The maximum absolute atomic E-state index is 10.5. The van der Waals surface area contributed by atoms with Crippen LogP contribution >= 0.6 is 11.8 Å². The van der Waals surface area contributed by atoms with Crippen molar-refractivity contribution >= 4 is 17.7 Å². The summed E-state index contributed by atoms with van der Waals surface area (Å²) in [7, 11) is 0. The van der Waals surface area contributed by atoms with Crippen LogP contribution in [0.4, 0.5) is 0 Å². The zero-order valence-corrected chi connectivity index (χ0v) is 10.7. The molecule has 5 heteroatoms. The molecule has 0 heterocycles. The van der Waals surface area contributed by atoms with Gasteiger partial charge in [-0.15, -0.1) is 11.8 Å². The molecule has 1 unspecified atom stereocenters. The zero-order chi connectivity index (χ0) is 12.7. The Bertz CT molecular complexity index is 354. The highest BCUT2D eigenvalue weighted by molar-refractivity contribution is 7.98. The molecule has 4 N–H and O–H groups in total. The molecule has 0 spiro atoms. The average Bonchev–Trinajstić information content (AvgIpc) is 2.35. The number of carboxylic acids is 1.